The summed E-state index contributed by atoms with van der Waals surface area (Å²) in [6.45, 7) is -0.0870. The summed E-state index contributed by atoms with van der Waals surface area (Å²) in [4.78, 5) is 35.3. The molecule has 1 N–H and O–H groups in total. The molecule has 0 saturated carbocycles. The SMILES string of the molecule is O=C(O)c1cc2cc(CN3C(=O)COCC3=O)ccc2o1. The molecule has 1 aromatic carbocycles. The number of benzene rings is 1. The van der Waals surface area contributed by atoms with Gasteiger partial charge in [0, 0.05) is 5.39 Å². The third kappa shape index (κ3) is 2.50. The summed E-state index contributed by atoms with van der Waals surface area (Å²) < 4.78 is 9.99. The lowest BCUT2D eigenvalue weighted by Gasteiger charge is -2.24. The summed E-state index contributed by atoms with van der Waals surface area (Å²) in [6, 6.07) is 6.41. The first-order valence-electron chi connectivity index (χ1n) is 6.21. The lowest BCUT2D eigenvalue weighted by Crippen LogP contribution is -2.45. The van der Waals surface area contributed by atoms with Gasteiger partial charge in [0.2, 0.25) is 5.76 Å². The first-order valence-corrected chi connectivity index (χ1v) is 6.21. The first-order chi connectivity index (χ1) is 10.0. The summed E-state index contributed by atoms with van der Waals surface area (Å²) in [5, 5.41) is 9.49. The molecular weight excluding hydrogens is 278 g/mol. The van der Waals surface area contributed by atoms with Gasteiger partial charge in [-0.25, -0.2) is 4.79 Å². The number of hydrogen-bond donors (Lipinski definition) is 1. The molecule has 0 unspecified atom stereocenters. The molecule has 108 valence electrons. The predicted molar refractivity (Wildman–Crippen MR) is 69.5 cm³/mol. The number of amides is 2. The van der Waals surface area contributed by atoms with E-state index in [2.05, 4.69) is 0 Å². The second kappa shape index (κ2) is 5.02. The number of carbonyl (C=O) groups excluding carboxylic acids is 2. The molecule has 2 aromatic rings. The normalized spacial score (nSPS) is 15.7. The van der Waals surface area contributed by atoms with Gasteiger partial charge in [0.05, 0.1) is 6.54 Å². The van der Waals surface area contributed by atoms with E-state index in [-0.39, 0.29) is 37.3 Å². The number of carboxylic acid groups (broad SMARTS) is 1. The van der Waals surface area contributed by atoms with Gasteiger partial charge in [0.1, 0.15) is 18.8 Å². The van der Waals surface area contributed by atoms with Crippen LogP contribution in [-0.4, -0.2) is 41.0 Å². The van der Waals surface area contributed by atoms with Gasteiger partial charge in [-0.15, -0.1) is 0 Å². The van der Waals surface area contributed by atoms with Crippen LogP contribution in [0.15, 0.2) is 28.7 Å². The monoisotopic (exact) mass is 289 g/mol. The lowest BCUT2D eigenvalue weighted by molar-refractivity contribution is -0.159. The van der Waals surface area contributed by atoms with Gasteiger partial charge in [-0.2, -0.15) is 0 Å². The van der Waals surface area contributed by atoms with Crippen LogP contribution in [0.1, 0.15) is 16.1 Å². The van der Waals surface area contributed by atoms with Crippen LogP contribution in [0, 0.1) is 0 Å². The van der Waals surface area contributed by atoms with Crippen molar-refractivity contribution in [2.24, 2.45) is 0 Å². The van der Waals surface area contributed by atoms with Crippen LogP contribution in [0.5, 0.6) is 0 Å². The van der Waals surface area contributed by atoms with Crippen LogP contribution in [0.3, 0.4) is 0 Å². The summed E-state index contributed by atoms with van der Waals surface area (Å²) in [5.41, 5.74) is 1.15. The number of morpholine rings is 1. The van der Waals surface area contributed by atoms with Crippen LogP contribution < -0.4 is 0 Å². The van der Waals surface area contributed by atoms with E-state index >= 15 is 0 Å². The molecule has 0 spiro atoms. The summed E-state index contributed by atoms with van der Waals surface area (Å²) in [5.74, 6) is -2.07. The molecule has 21 heavy (non-hydrogen) atoms. The largest absolute Gasteiger partial charge is 0.475 e. The van der Waals surface area contributed by atoms with E-state index in [0.29, 0.717) is 16.5 Å². The standard InChI is InChI=1S/C14H11NO6/c16-12-6-20-7-13(17)15(12)5-8-1-2-10-9(3-8)4-11(21-10)14(18)19/h1-4H,5-7H2,(H,18,19). The predicted octanol–water partition coefficient (Wildman–Crippen LogP) is 1.02. The maximum Gasteiger partial charge on any atom is 0.371 e. The molecule has 1 saturated heterocycles. The van der Waals surface area contributed by atoms with Crippen LogP contribution in [0.4, 0.5) is 0 Å². The number of carboxylic acids is 1. The maximum atomic E-state index is 11.6. The molecule has 7 nitrogen and oxygen atoms in total. The average Bonchev–Trinajstić information content (AvgIpc) is 2.86. The number of carbonyl (C=O) groups is 3. The number of aromatic carboxylic acids is 1. The molecular formula is C14H11NO6. The average molecular weight is 289 g/mol. The van der Waals surface area contributed by atoms with Crippen LogP contribution in [0.25, 0.3) is 11.0 Å². The Hall–Kier alpha value is -2.67. The zero-order valence-corrected chi connectivity index (χ0v) is 10.9. The van der Waals surface area contributed by atoms with Crippen LogP contribution >= 0.6 is 0 Å². The highest BCUT2D eigenvalue weighted by Gasteiger charge is 2.26. The summed E-state index contributed by atoms with van der Waals surface area (Å²) >= 11 is 0. The molecule has 1 aromatic heterocycles. The molecule has 7 heteroatoms. The van der Waals surface area contributed by atoms with E-state index in [9.17, 15) is 14.4 Å². The molecule has 1 aliphatic rings. The van der Waals surface area contributed by atoms with Crippen molar-refractivity contribution in [3.63, 3.8) is 0 Å². The smallest absolute Gasteiger partial charge is 0.371 e. The van der Waals surface area contributed by atoms with Crippen molar-refractivity contribution >= 4 is 28.8 Å². The van der Waals surface area contributed by atoms with Gasteiger partial charge < -0.3 is 14.3 Å². The number of nitrogens with zero attached hydrogens (tertiary/aromatic N) is 1. The molecule has 1 fully saturated rings. The van der Waals surface area contributed by atoms with Gasteiger partial charge in [0.25, 0.3) is 11.8 Å². The second-order valence-corrected chi connectivity index (χ2v) is 4.65. The number of imide groups is 1. The van der Waals surface area contributed by atoms with Crippen LogP contribution in [0.2, 0.25) is 0 Å². The Bertz CT molecular complexity index is 731. The Balaban J connectivity index is 1.88. The molecule has 3 rings (SSSR count). The lowest BCUT2D eigenvalue weighted by atomic mass is 10.1. The summed E-state index contributed by atoms with van der Waals surface area (Å²) in [6.07, 6.45) is 0. The fourth-order valence-corrected chi connectivity index (χ4v) is 2.18. The topological polar surface area (TPSA) is 97.0 Å². The highest BCUT2D eigenvalue weighted by atomic mass is 16.5. The molecule has 0 atom stereocenters. The number of hydrogen-bond acceptors (Lipinski definition) is 5. The third-order valence-corrected chi connectivity index (χ3v) is 3.19. The van der Waals surface area contributed by atoms with Gasteiger partial charge in [-0.3, -0.25) is 14.5 Å². The number of fused-ring (bicyclic) bond motifs is 1. The molecule has 1 aliphatic heterocycles. The number of rotatable bonds is 3. The fraction of sp³-hybridized carbons (Fsp3) is 0.214. The molecule has 0 aliphatic carbocycles. The minimum absolute atomic E-state index is 0.108. The molecule has 2 heterocycles. The van der Waals surface area contributed by atoms with Crippen molar-refractivity contribution in [2.45, 2.75) is 6.54 Å². The van der Waals surface area contributed by atoms with Gasteiger partial charge >= 0.3 is 5.97 Å². The van der Waals surface area contributed by atoms with Gasteiger partial charge in [-0.05, 0) is 23.8 Å². The maximum absolute atomic E-state index is 11.6. The summed E-state index contributed by atoms with van der Waals surface area (Å²) in [7, 11) is 0. The van der Waals surface area contributed by atoms with E-state index in [1.807, 2.05) is 0 Å². The quantitative estimate of drug-likeness (QED) is 0.847. The second-order valence-electron chi connectivity index (χ2n) is 4.65. The van der Waals surface area contributed by atoms with Gasteiger partial charge in [-0.1, -0.05) is 6.07 Å². The van der Waals surface area contributed by atoms with E-state index in [1.54, 1.807) is 18.2 Å². The van der Waals surface area contributed by atoms with Crippen molar-refractivity contribution in [3.8, 4) is 0 Å². The zero-order valence-electron chi connectivity index (χ0n) is 10.9. The van der Waals surface area contributed by atoms with Gasteiger partial charge in [0.15, 0.2) is 0 Å². The number of furan rings is 1. The Morgan fingerprint density at radius 1 is 1.19 bits per heavy atom. The Morgan fingerprint density at radius 2 is 1.90 bits per heavy atom. The molecule has 0 radical (unpaired) electrons. The highest BCUT2D eigenvalue weighted by molar-refractivity contribution is 5.98. The Labute approximate surface area is 118 Å². The van der Waals surface area contributed by atoms with E-state index < -0.39 is 5.97 Å². The Kier molecular flexibility index (Phi) is 3.19. The van der Waals surface area contributed by atoms with Crippen molar-refractivity contribution in [1.82, 2.24) is 4.90 Å². The molecule has 0 bridgehead atoms. The fourth-order valence-electron chi connectivity index (χ4n) is 2.18. The van der Waals surface area contributed by atoms with Crippen molar-refractivity contribution in [3.05, 3.63) is 35.6 Å². The molecule has 2 amide bonds. The highest BCUT2D eigenvalue weighted by Crippen LogP contribution is 2.22. The van der Waals surface area contributed by atoms with E-state index in [4.69, 9.17) is 14.3 Å². The Morgan fingerprint density at radius 3 is 2.57 bits per heavy atom. The van der Waals surface area contributed by atoms with Crippen molar-refractivity contribution in [2.75, 3.05) is 13.2 Å². The zero-order chi connectivity index (χ0) is 15.0. The minimum atomic E-state index is -1.15. The van der Waals surface area contributed by atoms with Crippen LogP contribution in [-0.2, 0) is 20.9 Å². The van der Waals surface area contributed by atoms with Crippen molar-refractivity contribution < 1.29 is 28.6 Å². The third-order valence-electron chi connectivity index (χ3n) is 3.19. The van der Waals surface area contributed by atoms with Crippen molar-refractivity contribution in [1.29, 1.82) is 0 Å². The minimum Gasteiger partial charge on any atom is -0.475 e. The van der Waals surface area contributed by atoms with E-state index in [1.165, 1.54) is 6.07 Å². The first kappa shape index (κ1) is 13.3. The number of ether oxygens (including phenoxy) is 1. The van der Waals surface area contributed by atoms with E-state index in [0.717, 1.165) is 4.90 Å².